The van der Waals surface area contributed by atoms with Crippen molar-refractivity contribution in [3.8, 4) is 0 Å². The van der Waals surface area contributed by atoms with Crippen LogP contribution in [0.25, 0.3) is 0 Å². The molecule has 2 heteroatoms. The SMILES string of the molecule is CNC(N)c1c[c]ccc1. The van der Waals surface area contributed by atoms with Gasteiger partial charge in [0.1, 0.15) is 0 Å². The summed E-state index contributed by atoms with van der Waals surface area (Å²) in [5.41, 5.74) is 6.72. The molecule has 1 unspecified atom stereocenters. The van der Waals surface area contributed by atoms with Crippen molar-refractivity contribution in [1.82, 2.24) is 5.32 Å². The third-order valence-electron chi connectivity index (χ3n) is 1.40. The Hall–Kier alpha value is -0.860. The lowest BCUT2D eigenvalue weighted by molar-refractivity contribution is 0.622. The molecule has 0 aromatic heterocycles. The standard InChI is InChI=1S/C8H11N2/c1-10-8(9)7-5-3-2-4-6-7/h2-3,5-6,8,10H,9H2,1H3. The minimum absolute atomic E-state index is 0.0718. The van der Waals surface area contributed by atoms with Crippen molar-refractivity contribution in [2.75, 3.05) is 7.05 Å². The average molecular weight is 135 g/mol. The van der Waals surface area contributed by atoms with Crippen LogP contribution in [0.1, 0.15) is 11.7 Å². The van der Waals surface area contributed by atoms with E-state index in [4.69, 9.17) is 5.73 Å². The van der Waals surface area contributed by atoms with Gasteiger partial charge in [-0.05, 0) is 24.7 Å². The third-order valence-corrected chi connectivity index (χ3v) is 1.40. The molecule has 53 valence electrons. The van der Waals surface area contributed by atoms with Crippen LogP contribution in [0.2, 0.25) is 0 Å². The molecule has 0 bridgehead atoms. The second-order valence-corrected chi connectivity index (χ2v) is 2.10. The molecule has 2 nitrogen and oxygen atoms in total. The highest BCUT2D eigenvalue weighted by Gasteiger charge is 1.98. The van der Waals surface area contributed by atoms with E-state index < -0.39 is 0 Å². The lowest BCUT2D eigenvalue weighted by Gasteiger charge is -2.08. The summed E-state index contributed by atoms with van der Waals surface area (Å²) in [5, 5.41) is 2.94. The van der Waals surface area contributed by atoms with E-state index in [-0.39, 0.29) is 6.17 Å². The first-order chi connectivity index (χ1) is 4.84. The van der Waals surface area contributed by atoms with Crippen LogP contribution in [0.15, 0.2) is 24.3 Å². The summed E-state index contributed by atoms with van der Waals surface area (Å²) < 4.78 is 0. The molecular formula is C8H11N2. The molecule has 1 rings (SSSR count). The van der Waals surface area contributed by atoms with E-state index >= 15 is 0 Å². The van der Waals surface area contributed by atoms with Gasteiger partial charge in [-0.2, -0.15) is 0 Å². The van der Waals surface area contributed by atoms with Gasteiger partial charge in [-0.1, -0.05) is 18.2 Å². The molecule has 1 radical (unpaired) electrons. The van der Waals surface area contributed by atoms with Crippen LogP contribution in [0.5, 0.6) is 0 Å². The van der Waals surface area contributed by atoms with E-state index in [0.717, 1.165) is 5.56 Å². The average Bonchev–Trinajstić information content (AvgIpc) is 2.05. The number of nitrogens with two attached hydrogens (primary N) is 1. The zero-order chi connectivity index (χ0) is 7.40. The van der Waals surface area contributed by atoms with Gasteiger partial charge in [0, 0.05) is 0 Å². The molecule has 0 aliphatic carbocycles. The first-order valence-electron chi connectivity index (χ1n) is 3.23. The van der Waals surface area contributed by atoms with Crippen LogP contribution >= 0.6 is 0 Å². The molecule has 10 heavy (non-hydrogen) atoms. The van der Waals surface area contributed by atoms with Crippen LogP contribution in [-0.4, -0.2) is 7.05 Å². The summed E-state index contributed by atoms with van der Waals surface area (Å²) in [6.45, 7) is 0. The second-order valence-electron chi connectivity index (χ2n) is 2.10. The summed E-state index contributed by atoms with van der Waals surface area (Å²) in [6, 6.07) is 10.6. The molecule has 0 heterocycles. The lowest BCUT2D eigenvalue weighted by Crippen LogP contribution is -2.24. The monoisotopic (exact) mass is 135 g/mol. The molecule has 0 saturated carbocycles. The van der Waals surface area contributed by atoms with Crippen molar-refractivity contribution in [2.45, 2.75) is 6.17 Å². The fourth-order valence-electron chi connectivity index (χ4n) is 0.767. The zero-order valence-corrected chi connectivity index (χ0v) is 5.96. The van der Waals surface area contributed by atoms with E-state index in [9.17, 15) is 0 Å². The van der Waals surface area contributed by atoms with E-state index in [1.807, 2.05) is 31.3 Å². The molecule has 0 spiro atoms. The number of hydrogen-bond donors (Lipinski definition) is 2. The Morgan fingerprint density at radius 1 is 1.70 bits per heavy atom. The summed E-state index contributed by atoms with van der Waals surface area (Å²) in [7, 11) is 1.83. The Morgan fingerprint density at radius 2 is 2.50 bits per heavy atom. The van der Waals surface area contributed by atoms with Crippen LogP contribution in [0.3, 0.4) is 0 Å². The number of hydrogen-bond acceptors (Lipinski definition) is 2. The van der Waals surface area contributed by atoms with Gasteiger partial charge < -0.3 is 11.1 Å². The maximum atomic E-state index is 5.66. The number of nitrogens with one attached hydrogen (secondary N) is 1. The van der Waals surface area contributed by atoms with Gasteiger partial charge in [0.2, 0.25) is 0 Å². The topological polar surface area (TPSA) is 38.0 Å². The molecule has 0 amide bonds. The Morgan fingerprint density at radius 3 is 3.00 bits per heavy atom. The summed E-state index contributed by atoms with van der Waals surface area (Å²) in [6.07, 6.45) is -0.0718. The molecule has 0 saturated heterocycles. The summed E-state index contributed by atoms with van der Waals surface area (Å²) in [5.74, 6) is 0. The maximum Gasteiger partial charge on any atom is 0.0807 e. The van der Waals surface area contributed by atoms with Crippen LogP contribution in [-0.2, 0) is 0 Å². The molecule has 1 aromatic carbocycles. The summed E-state index contributed by atoms with van der Waals surface area (Å²) in [4.78, 5) is 0. The minimum Gasteiger partial charge on any atom is -0.312 e. The van der Waals surface area contributed by atoms with E-state index in [2.05, 4.69) is 11.4 Å². The lowest BCUT2D eigenvalue weighted by atomic mass is 10.2. The predicted molar refractivity (Wildman–Crippen MR) is 41.3 cm³/mol. The first kappa shape index (κ1) is 7.25. The fraction of sp³-hybridized carbons (Fsp3) is 0.250. The van der Waals surface area contributed by atoms with Crippen LogP contribution in [0.4, 0.5) is 0 Å². The van der Waals surface area contributed by atoms with Gasteiger partial charge >= 0.3 is 0 Å². The van der Waals surface area contributed by atoms with E-state index in [0.29, 0.717) is 0 Å². The van der Waals surface area contributed by atoms with Crippen LogP contribution < -0.4 is 11.1 Å². The molecule has 0 fully saturated rings. The van der Waals surface area contributed by atoms with Gasteiger partial charge in [0.15, 0.2) is 0 Å². The van der Waals surface area contributed by atoms with E-state index in [1.165, 1.54) is 0 Å². The van der Waals surface area contributed by atoms with Crippen molar-refractivity contribution < 1.29 is 0 Å². The fourth-order valence-corrected chi connectivity index (χ4v) is 0.767. The maximum absolute atomic E-state index is 5.66. The highest BCUT2D eigenvalue weighted by molar-refractivity contribution is 5.16. The number of benzene rings is 1. The Bertz CT molecular complexity index is 184. The second kappa shape index (κ2) is 3.34. The number of rotatable bonds is 2. The largest absolute Gasteiger partial charge is 0.312 e. The van der Waals surface area contributed by atoms with Gasteiger partial charge in [-0.15, -0.1) is 0 Å². The molecule has 0 aliphatic heterocycles. The minimum atomic E-state index is -0.0718. The molecule has 1 atom stereocenters. The van der Waals surface area contributed by atoms with Crippen molar-refractivity contribution in [3.05, 3.63) is 35.9 Å². The van der Waals surface area contributed by atoms with Gasteiger partial charge in [-0.3, -0.25) is 0 Å². The Labute approximate surface area is 61.1 Å². The zero-order valence-electron chi connectivity index (χ0n) is 5.96. The van der Waals surface area contributed by atoms with Crippen molar-refractivity contribution >= 4 is 0 Å². The molecular weight excluding hydrogens is 124 g/mol. The molecule has 3 N–H and O–H groups in total. The highest BCUT2D eigenvalue weighted by Crippen LogP contribution is 2.03. The Kier molecular flexibility index (Phi) is 2.42. The first-order valence-corrected chi connectivity index (χ1v) is 3.23. The van der Waals surface area contributed by atoms with Crippen molar-refractivity contribution in [3.63, 3.8) is 0 Å². The van der Waals surface area contributed by atoms with Gasteiger partial charge in [0.05, 0.1) is 6.17 Å². The quantitative estimate of drug-likeness (QED) is 0.585. The van der Waals surface area contributed by atoms with Crippen molar-refractivity contribution in [2.24, 2.45) is 5.73 Å². The van der Waals surface area contributed by atoms with E-state index in [1.54, 1.807) is 0 Å². The Balaban J connectivity index is 2.75. The van der Waals surface area contributed by atoms with Gasteiger partial charge in [0.25, 0.3) is 0 Å². The smallest absolute Gasteiger partial charge is 0.0807 e. The third kappa shape index (κ3) is 1.56. The van der Waals surface area contributed by atoms with Crippen molar-refractivity contribution in [1.29, 1.82) is 0 Å². The van der Waals surface area contributed by atoms with Crippen LogP contribution in [0, 0.1) is 6.07 Å². The van der Waals surface area contributed by atoms with Gasteiger partial charge in [-0.25, -0.2) is 0 Å². The molecule has 0 aliphatic rings. The molecule has 1 aromatic rings. The normalized spacial score (nSPS) is 13.0. The predicted octanol–water partition coefficient (Wildman–Crippen LogP) is 0.663. The highest BCUT2D eigenvalue weighted by atomic mass is 15.0. The summed E-state index contributed by atoms with van der Waals surface area (Å²) >= 11 is 0.